The van der Waals surface area contributed by atoms with Crippen LogP contribution in [0, 0.1) is 0 Å². The summed E-state index contributed by atoms with van der Waals surface area (Å²) in [6.07, 6.45) is 22.4. The van der Waals surface area contributed by atoms with Gasteiger partial charge in [0.2, 0.25) is 0 Å². The van der Waals surface area contributed by atoms with Crippen LogP contribution in [-0.4, -0.2) is 26.3 Å². The van der Waals surface area contributed by atoms with Crippen LogP contribution >= 0.6 is 0 Å². The Morgan fingerprint density at radius 3 is 1.91 bits per heavy atom. The standard InChI is InChI=1S/C30H52O4/c1-3-5-25-33-30(34-26-6-4-2)23-19-14-12-10-8-7-9-11-13-15-20-24-31-28-32-27-29-21-17-16-18-22-29/h16-18,20-22,24,30H,3-15,19,23,25-28H2,1-2H3. The number of hydrogen-bond donors (Lipinski definition) is 0. The lowest BCUT2D eigenvalue weighted by Gasteiger charge is -2.18. The second-order valence-corrected chi connectivity index (χ2v) is 9.13. The van der Waals surface area contributed by atoms with Crippen molar-refractivity contribution in [3.63, 3.8) is 0 Å². The highest BCUT2D eigenvalue weighted by Crippen LogP contribution is 2.14. The molecular formula is C30H52O4. The van der Waals surface area contributed by atoms with E-state index in [0.717, 1.165) is 38.9 Å². The van der Waals surface area contributed by atoms with Crippen molar-refractivity contribution >= 4 is 0 Å². The summed E-state index contributed by atoms with van der Waals surface area (Å²) in [5.74, 6) is 0. The van der Waals surface area contributed by atoms with Gasteiger partial charge in [-0.25, -0.2) is 0 Å². The molecule has 0 saturated heterocycles. The molecule has 0 aliphatic carbocycles. The predicted molar refractivity (Wildman–Crippen MR) is 143 cm³/mol. The van der Waals surface area contributed by atoms with Gasteiger partial charge in [0.25, 0.3) is 0 Å². The van der Waals surface area contributed by atoms with E-state index in [1.807, 2.05) is 18.2 Å². The lowest BCUT2D eigenvalue weighted by Crippen LogP contribution is -2.18. The summed E-state index contributed by atoms with van der Waals surface area (Å²) in [6.45, 7) is 6.97. The highest BCUT2D eigenvalue weighted by molar-refractivity contribution is 5.13. The summed E-state index contributed by atoms with van der Waals surface area (Å²) in [4.78, 5) is 0. The fourth-order valence-corrected chi connectivity index (χ4v) is 3.70. The van der Waals surface area contributed by atoms with E-state index in [9.17, 15) is 0 Å². The fourth-order valence-electron chi connectivity index (χ4n) is 3.70. The maximum absolute atomic E-state index is 5.93. The van der Waals surface area contributed by atoms with E-state index in [2.05, 4.69) is 32.1 Å². The molecule has 196 valence electrons. The molecule has 0 spiro atoms. The average Bonchev–Trinajstić information content (AvgIpc) is 2.86. The molecule has 0 aromatic heterocycles. The van der Waals surface area contributed by atoms with Gasteiger partial charge in [0.15, 0.2) is 13.1 Å². The first-order chi connectivity index (χ1) is 16.9. The van der Waals surface area contributed by atoms with Gasteiger partial charge in [0.05, 0.1) is 12.9 Å². The summed E-state index contributed by atoms with van der Waals surface area (Å²) in [6, 6.07) is 10.2. The van der Waals surface area contributed by atoms with Crippen LogP contribution in [0.15, 0.2) is 42.7 Å². The zero-order valence-electron chi connectivity index (χ0n) is 22.2. The SMILES string of the molecule is CCCCOC(CCCCCCCCCCCC=COCOCc1ccccc1)OCCCC. The van der Waals surface area contributed by atoms with Gasteiger partial charge in [-0.1, -0.05) is 102 Å². The molecule has 0 N–H and O–H groups in total. The Morgan fingerprint density at radius 1 is 0.706 bits per heavy atom. The molecule has 0 fully saturated rings. The Bertz CT molecular complexity index is 536. The molecule has 0 atom stereocenters. The Kier molecular flexibility index (Phi) is 22.3. The highest BCUT2D eigenvalue weighted by atomic mass is 16.7. The molecule has 0 radical (unpaired) electrons. The largest absolute Gasteiger partial charge is 0.475 e. The quantitative estimate of drug-likeness (QED) is 0.0801. The first-order valence-electron chi connectivity index (χ1n) is 14.0. The van der Waals surface area contributed by atoms with Crippen molar-refractivity contribution in [3.8, 4) is 0 Å². The number of allylic oxidation sites excluding steroid dienone is 1. The molecule has 0 saturated carbocycles. The number of ether oxygens (including phenoxy) is 4. The van der Waals surface area contributed by atoms with Gasteiger partial charge in [-0.15, -0.1) is 0 Å². The normalized spacial score (nSPS) is 11.6. The highest BCUT2D eigenvalue weighted by Gasteiger charge is 2.08. The van der Waals surface area contributed by atoms with Crippen molar-refractivity contribution in [1.82, 2.24) is 0 Å². The van der Waals surface area contributed by atoms with Gasteiger partial charge in [0.1, 0.15) is 0 Å². The molecular weight excluding hydrogens is 424 g/mol. The minimum absolute atomic E-state index is 0.0133. The lowest BCUT2D eigenvalue weighted by atomic mass is 10.1. The van der Waals surface area contributed by atoms with Crippen molar-refractivity contribution in [2.75, 3.05) is 20.0 Å². The molecule has 0 unspecified atom stereocenters. The monoisotopic (exact) mass is 476 g/mol. The van der Waals surface area contributed by atoms with Crippen molar-refractivity contribution < 1.29 is 18.9 Å². The summed E-state index contributed by atoms with van der Waals surface area (Å²) >= 11 is 0. The van der Waals surface area contributed by atoms with Gasteiger partial charge in [-0.2, -0.15) is 0 Å². The first-order valence-corrected chi connectivity index (χ1v) is 14.0. The number of rotatable bonds is 25. The Hall–Kier alpha value is -1.36. The number of hydrogen-bond acceptors (Lipinski definition) is 4. The summed E-state index contributed by atoms with van der Waals surface area (Å²) in [5.41, 5.74) is 1.17. The van der Waals surface area contributed by atoms with E-state index >= 15 is 0 Å². The van der Waals surface area contributed by atoms with Crippen molar-refractivity contribution in [3.05, 3.63) is 48.2 Å². The third-order valence-corrected chi connectivity index (χ3v) is 5.87. The van der Waals surface area contributed by atoms with E-state index < -0.39 is 0 Å². The second-order valence-electron chi connectivity index (χ2n) is 9.13. The van der Waals surface area contributed by atoms with E-state index in [1.165, 1.54) is 76.2 Å². The minimum Gasteiger partial charge on any atom is -0.475 e. The van der Waals surface area contributed by atoms with Gasteiger partial charge in [-0.05, 0) is 50.2 Å². The van der Waals surface area contributed by atoms with Crippen LogP contribution in [0.3, 0.4) is 0 Å². The van der Waals surface area contributed by atoms with Gasteiger partial charge >= 0.3 is 0 Å². The number of unbranched alkanes of at least 4 members (excludes halogenated alkanes) is 11. The van der Waals surface area contributed by atoms with Crippen LogP contribution in [-0.2, 0) is 25.6 Å². The summed E-state index contributed by atoms with van der Waals surface area (Å²) in [5, 5.41) is 0. The molecule has 34 heavy (non-hydrogen) atoms. The average molecular weight is 477 g/mol. The molecule has 1 aromatic carbocycles. The van der Waals surface area contributed by atoms with Crippen LogP contribution < -0.4 is 0 Å². The third kappa shape index (κ3) is 20.1. The molecule has 0 aliphatic heterocycles. The zero-order chi connectivity index (χ0) is 24.4. The van der Waals surface area contributed by atoms with Gasteiger partial charge in [0, 0.05) is 13.2 Å². The van der Waals surface area contributed by atoms with Crippen LogP contribution in [0.25, 0.3) is 0 Å². The Morgan fingerprint density at radius 2 is 1.29 bits per heavy atom. The molecule has 0 aliphatic rings. The molecule has 0 amide bonds. The zero-order valence-corrected chi connectivity index (χ0v) is 22.2. The Labute approximate surface area is 210 Å². The minimum atomic E-state index is 0.0133. The molecule has 0 bridgehead atoms. The van der Waals surface area contributed by atoms with Crippen LogP contribution in [0.4, 0.5) is 0 Å². The topological polar surface area (TPSA) is 36.9 Å². The van der Waals surface area contributed by atoms with Crippen LogP contribution in [0.2, 0.25) is 0 Å². The van der Waals surface area contributed by atoms with Crippen molar-refractivity contribution in [1.29, 1.82) is 0 Å². The van der Waals surface area contributed by atoms with Crippen LogP contribution in [0.1, 0.15) is 116 Å². The maximum atomic E-state index is 5.93. The van der Waals surface area contributed by atoms with E-state index in [4.69, 9.17) is 18.9 Å². The smallest absolute Gasteiger partial charge is 0.188 e. The first kappa shape index (κ1) is 30.7. The second kappa shape index (κ2) is 24.8. The lowest BCUT2D eigenvalue weighted by molar-refractivity contribution is -0.147. The molecule has 1 rings (SSSR count). The summed E-state index contributed by atoms with van der Waals surface area (Å²) < 4.78 is 22.7. The molecule has 1 aromatic rings. The maximum Gasteiger partial charge on any atom is 0.188 e. The third-order valence-electron chi connectivity index (χ3n) is 5.87. The van der Waals surface area contributed by atoms with Crippen molar-refractivity contribution in [2.45, 2.75) is 123 Å². The Balaban J connectivity index is 1.84. The van der Waals surface area contributed by atoms with Gasteiger partial charge in [-0.3, -0.25) is 0 Å². The van der Waals surface area contributed by atoms with E-state index in [1.54, 1.807) is 6.26 Å². The predicted octanol–water partition coefficient (Wildman–Crippen LogP) is 8.94. The number of benzene rings is 1. The van der Waals surface area contributed by atoms with Gasteiger partial charge < -0.3 is 18.9 Å². The molecule has 4 heteroatoms. The molecule has 0 heterocycles. The fraction of sp³-hybridized carbons (Fsp3) is 0.733. The van der Waals surface area contributed by atoms with Crippen LogP contribution in [0.5, 0.6) is 0 Å². The van der Waals surface area contributed by atoms with Crippen molar-refractivity contribution in [2.24, 2.45) is 0 Å². The molecule has 4 nitrogen and oxygen atoms in total. The van der Waals surface area contributed by atoms with E-state index in [0.29, 0.717) is 13.4 Å². The van der Waals surface area contributed by atoms with E-state index in [-0.39, 0.29) is 6.29 Å². The summed E-state index contributed by atoms with van der Waals surface area (Å²) in [7, 11) is 0.